The number of phenols is 1. The number of β-amino-alcohol motifs (C(OH)–C–C–N with tert-alkyl or cyclic N) is 1. The molecule has 2 aliphatic rings. The summed E-state index contributed by atoms with van der Waals surface area (Å²) in [4.78, 5) is 4.67. The van der Waals surface area contributed by atoms with Crippen molar-refractivity contribution in [2.75, 3.05) is 39.3 Å². The molecule has 7 nitrogen and oxygen atoms in total. The van der Waals surface area contributed by atoms with Crippen LogP contribution in [0.3, 0.4) is 0 Å². The van der Waals surface area contributed by atoms with Gasteiger partial charge in [0.05, 0.1) is 17.5 Å². The van der Waals surface area contributed by atoms with E-state index in [0.717, 1.165) is 70.7 Å². The van der Waals surface area contributed by atoms with Crippen molar-refractivity contribution in [2.45, 2.75) is 58.4 Å². The van der Waals surface area contributed by atoms with E-state index in [1.54, 1.807) is 13.0 Å². The van der Waals surface area contributed by atoms with Gasteiger partial charge in [0.1, 0.15) is 5.75 Å². The van der Waals surface area contributed by atoms with E-state index in [2.05, 4.69) is 15.1 Å². The van der Waals surface area contributed by atoms with E-state index >= 15 is 0 Å². The standard InChI is InChI=1S/C23H34F3N5O2.C2H6/c1-15(22(28)19-5-4-16(12-20(19)33)23(24,25)26)11-21(27)29-17-3-2-7-30(13-17)9-10-31-8-6-18(32)14-31;1-2/h4-5,11-12,17-18,29,32-33H,2-3,6-10,13-14,27-28H2,1H3;1-2H3/b21-11+,22-15-;. The number of alkyl halides is 3. The van der Waals surface area contributed by atoms with Gasteiger partial charge in [-0.05, 0) is 62.6 Å². The van der Waals surface area contributed by atoms with E-state index in [9.17, 15) is 23.4 Å². The van der Waals surface area contributed by atoms with Gasteiger partial charge in [-0.1, -0.05) is 13.8 Å². The number of allylic oxidation sites excluding steroid dienone is 2. The van der Waals surface area contributed by atoms with Crippen LogP contribution in [0.5, 0.6) is 5.75 Å². The fourth-order valence-electron chi connectivity index (χ4n) is 4.41. The van der Waals surface area contributed by atoms with Crippen LogP contribution in [0, 0.1) is 0 Å². The normalized spacial score (nSPS) is 22.9. The molecule has 7 N–H and O–H groups in total. The number of phenolic OH excluding ortho intramolecular Hbond substituents is 1. The minimum absolute atomic E-state index is 0.125. The van der Waals surface area contributed by atoms with Gasteiger partial charge in [-0.25, -0.2) is 0 Å². The molecule has 198 valence electrons. The Hall–Kier alpha value is -2.43. The van der Waals surface area contributed by atoms with Gasteiger partial charge in [0.15, 0.2) is 0 Å². The zero-order valence-electron chi connectivity index (χ0n) is 20.9. The van der Waals surface area contributed by atoms with Gasteiger partial charge in [0.25, 0.3) is 0 Å². The third kappa shape index (κ3) is 8.63. The molecule has 0 bridgehead atoms. The highest BCUT2D eigenvalue weighted by Gasteiger charge is 2.31. The number of benzene rings is 1. The summed E-state index contributed by atoms with van der Waals surface area (Å²) in [6, 6.07) is 2.89. The van der Waals surface area contributed by atoms with Crippen LogP contribution in [-0.4, -0.2) is 71.4 Å². The molecule has 0 radical (unpaired) electrons. The summed E-state index contributed by atoms with van der Waals surface area (Å²) >= 11 is 0. The van der Waals surface area contributed by atoms with Crippen molar-refractivity contribution in [3.8, 4) is 5.75 Å². The average molecular weight is 500 g/mol. The molecule has 2 aliphatic heterocycles. The molecular weight excluding hydrogens is 459 g/mol. The number of hydrogen-bond donors (Lipinski definition) is 5. The van der Waals surface area contributed by atoms with E-state index in [1.807, 2.05) is 13.8 Å². The highest BCUT2D eigenvalue weighted by atomic mass is 19.4. The Bertz CT molecular complexity index is 888. The predicted molar refractivity (Wildman–Crippen MR) is 133 cm³/mol. The van der Waals surface area contributed by atoms with E-state index in [0.29, 0.717) is 17.5 Å². The van der Waals surface area contributed by atoms with Crippen LogP contribution in [0.25, 0.3) is 5.70 Å². The van der Waals surface area contributed by atoms with Crippen molar-refractivity contribution in [1.29, 1.82) is 0 Å². The first-order valence-corrected chi connectivity index (χ1v) is 12.3. The second-order valence-corrected chi connectivity index (χ2v) is 8.95. The zero-order chi connectivity index (χ0) is 26.2. The van der Waals surface area contributed by atoms with Gasteiger partial charge < -0.3 is 31.9 Å². The lowest BCUT2D eigenvalue weighted by Crippen LogP contribution is -2.48. The third-order valence-corrected chi connectivity index (χ3v) is 6.27. The minimum atomic E-state index is -4.54. The topological polar surface area (TPSA) is 111 Å². The van der Waals surface area contributed by atoms with Crippen molar-refractivity contribution in [2.24, 2.45) is 11.5 Å². The quantitative estimate of drug-likeness (QED) is 0.367. The van der Waals surface area contributed by atoms with Crippen molar-refractivity contribution in [3.05, 3.63) is 46.8 Å². The van der Waals surface area contributed by atoms with Crippen molar-refractivity contribution in [3.63, 3.8) is 0 Å². The van der Waals surface area contributed by atoms with E-state index in [4.69, 9.17) is 11.5 Å². The number of rotatable bonds is 7. The fraction of sp³-hybridized carbons (Fsp3) is 0.600. The van der Waals surface area contributed by atoms with Gasteiger partial charge in [0.2, 0.25) is 0 Å². The number of nitrogens with two attached hydrogens (primary N) is 2. The number of piperidine rings is 1. The lowest BCUT2D eigenvalue weighted by molar-refractivity contribution is -0.137. The lowest BCUT2D eigenvalue weighted by atomic mass is 10.0. The number of nitrogens with zero attached hydrogens (tertiary/aromatic N) is 2. The molecule has 2 saturated heterocycles. The van der Waals surface area contributed by atoms with Crippen LogP contribution >= 0.6 is 0 Å². The number of aliphatic hydroxyl groups excluding tert-OH is 1. The van der Waals surface area contributed by atoms with Gasteiger partial charge in [-0.3, -0.25) is 4.90 Å². The number of aromatic hydroxyl groups is 1. The summed E-state index contributed by atoms with van der Waals surface area (Å²) in [6.07, 6.45) is -0.251. The maximum atomic E-state index is 12.8. The summed E-state index contributed by atoms with van der Waals surface area (Å²) in [6.45, 7) is 11.1. The summed E-state index contributed by atoms with van der Waals surface area (Å²) in [5.74, 6) is -0.119. The summed E-state index contributed by atoms with van der Waals surface area (Å²) in [5, 5.41) is 23.0. The molecule has 2 heterocycles. The predicted octanol–water partition coefficient (Wildman–Crippen LogP) is 3.05. The smallest absolute Gasteiger partial charge is 0.416 e. The van der Waals surface area contributed by atoms with Crippen molar-refractivity contribution in [1.82, 2.24) is 15.1 Å². The molecule has 0 saturated carbocycles. The first kappa shape index (κ1) is 28.8. The van der Waals surface area contributed by atoms with Crippen LogP contribution in [-0.2, 0) is 6.18 Å². The molecule has 35 heavy (non-hydrogen) atoms. The largest absolute Gasteiger partial charge is 0.507 e. The highest BCUT2D eigenvalue weighted by molar-refractivity contribution is 5.72. The number of aliphatic hydroxyl groups is 1. The number of halogens is 3. The molecular formula is C25H40F3N5O2. The van der Waals surface area contributed by atoms with Crippen molar-refractivity contribution >= 4 is 5.70 Å². The Morgan fingerprint density at radius 2 is 1.77 bits per heavy atom. The van der Waals surface area contributed by atoms with Crippen LogP contribution in [0.1, 0.15) is 51.2 Å². The summed E-state index contributed by atoms with van der Waals surface area (Å²) < 4.78 is 38.5. The van der Waals surface area contributed by atoms with E-state index in [-0.39, 0.29) is 23.4 Å². The molecule has 10 heteroatoms. The van der Waals surface area contributed by atoms with Crippen molar-refractivity contribution < 1.29 is 23.4 Å². The Kier molecular flexibility index (Phi) is 10.7. The summed E-state index contributed by atoms with van der Waals surface area (Å²) in [7, 11) is 0. The average Bonchev–Trinajstić information content (AvgIpc) is 3.23. The monoisotopic (exact) mass is 499 g/mol. The minimum Gasteiger partial charge on any atom is -0.507 e. The first-order chi connectivity index (χ1) is 16.5. The third-order valence-electron chi connectivity index (χ3n) is 6.27. The Labute approximate surface area is 206 Å². The van der Waals surface area contributed by atoms with Gasteiger partial charge >= 0.3 is 6.18 Å². The van der Waals surface area contributed by atoms with Crippen LogP contribution in [0.4, 0.5) is 13.2 Å². The molecule has 2 fully saturated rings. The number of hydrogen-bond acceptors (Lipinski definition) is 7. The van der Waals surface area contributed by atoms with Crippen LogP contribution < -0.4 is 16.8 Å². The molecule has 0 amide bonds. The second-order valence-electron chi connectivity index (χ2n) is 8.95. The fourth-order valence-corrected chi connectivity index (χ4v) is 4.41. The maximum absolute atomic E-state index is 12.8. The van der Waals surface area contributed by atoms with Crippen LogP contribution in [0.15, 0.2) is 35.7 Å². The molecule has 2 atom stereocenters. The molecule has 0 aromatic heterocycles. The first-order valence-electron chi connectivity index (χ1n) is 12.3. The summed E-state index contributed by atoms with van der Waals surface area (Å²) in [5.41, 5.74) is 12.1. The maximum Gasteiger partial charge on any atom is 0.416 e. The Morgan fingerprint density at radius 3 is 2.34 bits per heavy atom. The van der Waals surface area contributed by atoms with Gasteiger partial charge in [-0.15, -0.1) is 0 Å². The second kappa shape index (κ2) is 13.0. The number of likely N-dealkylation sites (tertiary alicyclic amines) is 2. The number of nitrogens with one attached hydrogen (secondary N) is 1. The Morgan fingerprint density at radius 1 is 1.11 bits per heavy atom. The molecule has 1 aromatic rings. The van der Waals surface area contributed by atoms with E-state index < -0.39 is 17.5 Å². The van der Waals surface area contributed by atoms with E-state index in [1.165, 1.54) is 0 Å². The van der Waals surface area contributed by atoms with Crippen LogP contribution in [0.2, 0.25) is 0 Å². The molecule has 1 aromatic carbocycles. The molecule has 2 unspecified atom stereocenters. The SMILES string of the molecule is CC.CC(/C=C(\N)NC1CCCN(CCN2CCC(O)C2)C1)=C(/N)c1ccc(C(F)(F)F)cc1O. The molecule has 3 rings (SSSR count). The lowest BCUT2D eigenvalue weighted by Gasteiger charge is -2.34. The molecule has 0 aliphatic carbocycles. The Balaban J connectivity index is 0.00000210. The van der Waals surface area contributed by atoms with Gasteiger partial charge in [0, 0.05) is 50.0 Å². The zero-order valence-corrected chi connectivity index (χ0v) is 20.9. The highest BCUT2D eigenvalue weighted by Crippen LogP contribution is 2.34. The van der Waals surface area contributed by atoms with Gasteiger partial charge in [-0.2, -0.15) is 13.2 Å². The molecule has 0 spiro atoms.